The summed E-state index contributed by atoms with van der Waals surface area (Å²) in [4.78, 5) is 10.1. The SMILES string of the molecule is O=C1OCCC(F)(F)C(F)(F)O1. The summed E-state index contributed by atoms with van der Waals surface area (Å²) in [6.07, 6.45) is -7.80. The number of hydrogen-bond donors (Lipinski definition) is 0. The van der Waals surface area contributed by atoms with Gasteiger partial charge in [-0.3, -0.25) is 0 Å². The molecule has 0 bridgehead atoms. The number of rotatable bonds is 0. The van der Waals surface area contributed by atoms with Crippen LogP contribution in [0, 0.1) is 0 Å². The molecule has 0 aliphatic carbocycles. The Hall–Kier alpha value is -1.01. The molecule has 1 saturated heterocycles. The third kappa shape index (κ3) is 1.44. The van der Waals surface area contributed by atoms with Crippen LogP contribution in [0.3, 0.4) is 0 Å². The van der Waals surface area contributed by atoms with E-state index in [1.165, 1.54) is 0 Å². The lowest BCUT2D eigenvalue weighted by Crippen LogP contribution is -2.42. The average molecular weight is 188 g/mol. The van der Waals surface area contributed by atoms with Gasteiger partial charge in [0.15, 0.2) is 0 Å². The Labute approximate surface area is 64.2 Å². The normalized spacial score (nSPS) is 26.8. The number of cyclic esters (lactones) is 2. The Bertz CT molecular complexity index is 203. The predicted molar refractivity (Wildman–Crippen MR) is 26.9 cm³/mol. The van der Waals surface area contributed by atoms with Crippen molar-refractivity contribution in [3.8, 4) is 0 Å². The number of hydrogen-bond acceptors (Lipinski definition) is 3. The largest absolute Gasteiger partial charge is 0.513 e. The highest BCUT2D eigenvalue weighted by Crippen LogP contribution is 2.39. The van der Waals surface area contributed by atoms with Gasteiger partial charge in [-0.05, 0) is 0 Å². The van der Waals surface area contributed by atoms with E-state index < -0.39 is 31.2 Å². The van der Waals surface area contributed by atoms with Crippen molar-refractivity contribution in [2.24, 2.45) is 0 Å². The maximum Gasteiger partial charge on any atom is 0.513 e. The molecule has 0 saturated carbocycles. The van der Waals surface area contributed by atoms with E-state index in [-0.39, 0.29) is 0 Å². The van der Waals surface area contributed by atoms with Gasteiger partial charge in [0.25, 0.3) is 0 Å². The van der Waals surface area contributed by atoms with E-state index in [0.717, 1.165) is 0 Å². The minimum absolute atomic E-state index is 0.776. The van der Waals surface area contributed by atoms with Gasteiger partial charge in [-0.1, -0.05) is 0 Å². The summed E-state index contributed by atoms with van der Waals surface area (Å²) in [5.41, 5.74) is 0. The van der Waals surface area contributed by atoms with Crippen molar-refractivity contribution in [1.29, 1.82) is 0 Å². The first-order valence-corrected chi connectivity index (χ1v) is 2.96. The van der Waals surface area contributed by atoms with Crippen LogP contribution >= 0.6 is 0 Å². The van der Waals surface area contributed by atoms with Crippen molar-refractivity contribution < 1.29 is 31.8 Å². The van der Waals surface area contributed by atoms with E-state index >= 15 is 0 Å². The summed E-state index contributed by atoms with van der Waals surface area (Å²) < 4.78 is 56.0. The van der Waals surface area contributed by atoms with E-state index in [9.17, 15) is 22.4 Å². The highest BCUT2D eigenvalue weighted by molar-refractivity contribution is 5.60. The predicted octanol–water partition coefficient (Wildman–Crippen LogP) is 1.77. The van der Waals surface area contributed by atoms with Gasteiger partial charge in [-0.25, -0.2) is 4.79 Å². The molecule has 1 rings (SSSR count). The van der Waals surface area contributed by atoms with Crippen LogP contribution in [-0.2, 0) is 9.47 Å². The first-order chi connectivity index (χ1) is 5.35. The Morgan fingerprint density at radius 1 is 1.25 bits per heavy atom. The number of ether oxygens (including phenoxy) is 2. The van der Waals surface area contributed by atoms with Gasteiger partial charge in [0.2, 0.25) is 0 Å². The smallest absolute Gasteiger partial charge is 0.434 e. The monoisotopic (exact) mass is 188 g/mol. The van der Waals surface area contributed by atoms with Gasteiger partial charge in [0.1, 0.15) is 6.61 Å². The fraction of sp³-hybridized carbons (Fsp3) is 0.800. The molecular formula is C5H4F4O3. The summed E-state index contributed by atoms with van der Waals surface area (Å²) in [5.74, 6) is -4.36. The van der Waals surface area contributed by atoms with Crippen molar-refractivity contribution >= 4 is 6.16 Å². The van der Waals surface area contributed by atoms with Crippen molar-refractivity contribution in [3.05, 3.63) is 0 Å². The standard InChI is InChI=1S/C5H4F4O3/c6-4(7)1-2-11-3(10)12-5(4,8)9/h1-2H2. The second kappa shape index (κ2) is 2.49. The van der Waals surface area contributed by atoms with E-state index in [2.05, 4.69) is 9.47 Å². The van der Waals surface area contributed by atoms with Gasteiger partial charge in [0.05, 0.1) is 6.42 Å². The molecule has 0 amide bonds. The third-order valence-corrected chi connectivity index (χ3v) is 1.27. The molecule has 12 heavy (non-hydrogen) atoms. The van der Waals surface area contributed by atoms with Gasteiger partial charge in [-0.2, -0.15) is 17.6 Å². The Morgan fingerprint density at radius 2 is 1.83 bits per heavy atom. The second-order valence-corrected chi connectivity index (χ2v) is 2.17. The Morgan fingerprint density at radius 3 is 2.42 bits per heavy atom. The summed E-state index contributed by atoms with van der Waals surface area (Å²) >= 11 is 0. The van der Waals surface area contributed by atoms with Gasteiger partial charge >= 0.3 is 18.2 Å². The molecule has 0 atom stereocenters. The fourth-order valence-electron chi connectivity index (χ4n) is 0.617. The van der Waals surface area contributed by atoms with E-state index in [4.69, 9.17) is 0 Å². The lowest BCUT2D eigenvalue weighted by molar-refractivity contribution is -0.318. The van der Waals surface area contributed by atoms with Crippen molar-refractivity contribution in [1.82, 2.24) is 0 Å². The van der Waals surface area contributed by atoms with Crippen LogP contribution in [0.25, 0.3) is 0 Å². The summed E-state index contributed by atoms with van der Waals surface area (Å²) in [6.45, 7) is -0.776. The van der Waals surface area contributed by atoms with Gasteiger partial charge in [0, 0.05) is 0 Å². The van der Waals surface area contributed by atoms with Crippen LogP contribution in [-0.4, -0.2) is 24.8 Å². The fourth-order valence-corrected chi connectivity index (χ4v) is 0.617. The molecule has 0 aromatic rings. The minimum Gasteiger partial charge on any atom is -0.434 e. The van der Waals surface area contributed by atoms with Crippen LogP contribution in [0.2, 0.25) is 0 Å². The number of halogens is 4. The summed E-state index contributed by atoms with van der Waals surface area (Å²) in [7, 11) is 0. The van der Waals surface area contributed by atoms with Crippen LogP contribution in [0.4, 0.5) is 22.4 Å². The highest BCUT2D eigenvalue weighted by Gasteiger charge is 2.61. The van der Waals surface area contributed by atoms with Crippen molar-refractivity contribution in [2.45, 2.75) is 18.5 Å². The molecule has 0 N–H and O–H groups in total. The Balaban J connectivity index is 2.85. The minimum atomic E-state index is -4.78. The second-order valence-electron chi connectivity index (χ2n) is 2.17. The molecule has 1 aliphatic heterocycles. The molecule has 0 radical (unpaired) electrons. The summed E-state index contributed by atoms with van der Waals surface area (Å²) in [6, 6.07) is 0. The van der Waals surface area contributed by atoms with Crippen LogP contribution < -0.4 is 0 Å². The maximum absolute atomic E-state index is 12.3. The number of carbonyl (C=O) groups is 1. The molecule has 7 heteroatoms. The average Bonchev–Trinajstić information content (AvgIpc) is 1.90. The molecule has 1 aliphatic rings. The molecule has 0 spiro atoms. The number of alkyl halides is 4. The number of carbonyl (C=O) groups excluding carboxylic acids is 1. The molecule has 0 aromatic carbocycles. The van der Waals surface area contributed by atoms with Crippen LogP contribution in [0.5, 0.6) is 0 Å². The Kier molecular flexibility index (Phi) is 1.89. The first kappa shape index (κ1) is 9.08. The van der Waals surface area contributed by atoms with Gasteiger partial charge in [-0.15, -0.1) is 0 Å². The first-order valence-electron chi connectivity index (χ1n) is 2.96. The molecule has 3 nitrogen and oxygen atoms in total. The zero-order valence-electron chi connectivity index (χ0n) is 5.65. The van der Waals surface area contributed by atoms with Gasteiger partial charge < -0.3 is 9.47 Å². The van der Waals surface area contributed by atoms with E-state index in [1.54, 1.807) is 0 Å². The molecular weight excluding hydrogens is 184 g/mol. The lowest BCUT2D eigenvalue weighted by Gasteiger charge is -2.20. The van der Waals surface area contributed by atoms with Crippen molar-refractivity contribution in [2.75, 3.05) is 6.61 Å². The molecule has 0 aromatic heterocycles. The molecule has 1 fully saturated rings. The molecule has 70 valence electrons. The zero-order chi connectivity index (χ0) is 9.41. The van der Waals surface area contributed by atoms with E-state index in [0.29, 0.717) is 0 Å². The van der Waals surface area contributed by atoms with Crippen molar-refractivity contribution in [3.63, 3.8) is 0 Å². The zero-order valence-corrected chi connectivity index (χ0v) is 5.65. The summed E-state index contributed by atoms with van der Waals surface area (Å²) in [5, 5.41) is 0. The highest BCUT2D eigenvalue weighted by atomic mass is 19.3. The van der Waals surface area contributed by atoms with E-state index in [1.807, 2.05) is 0 Å². The van der Waals surface area contributed by atoms with Crippen LogP contribution in [0.15, 0.2) is 0 Å². The third-order valence-electron chi connectivity index (χ3n) is 1.27. The molecule has 0 unspecified atom stereocenters. The lowest BCUT2D eigenvalue weighted by atomic mass is 10.2. The van der Waals surface area contributed by atoms with Crippen LogP contribution in [0.1, 0.15) is 6.42 Å². The maximum atomic E-state index is 12.3. The quantitative estimate of drug-likeness (QED) is 0.429. The molecule has 1 heterocycles. The topological polar surface area (TPSA) is 35.5 Å².